The van der Waals surface area contributed by atoms with Gasteiger partial charge in [0.05, 0.1) is 6.20 Å². The average Bonchev–Trinajstić information content (AvgIpc) is 2.83. The van der Waals surface area contributed by atoms with Crippen LogP contribution in [0.2, 0.25) is 0 Å². The number of aromatic nitrogens is 4. The highest BCUT2D eigenvalue weighted by Gasteiger charge is 2.07. The van der Waals surface area contributed by atoms with E-state index in [0.29, 0.717) is 5.88 Å². The summed E-state index contributed by atoms with van der Waals surface area (Å²) >= 11 is 0. The van der Waals surface area contributed by atoms with Crippen molar-refractivity contribution in [3.8, 4) is 5.88 Å². The van der Waals surface area contributed by atoms with Crippen LogP contribution in [0.1, 0.15) is 5.76 Å². The molecular weight excluding hydrogens is 192 g/mol. The van der Waals surface area contributed by atoms with E-state index < -0.39 is 0 Å². The predicted octanol–water partition coefficient (Wildman–Crippen LogP) is 1.72. The van der Waals surface area contributed by atoms with E-state index in [1.165, 1.54) is 6.33 Å². The summed E-state index contributed by atoms with van der Waals surface area (Å²) in [5, 5.41) is 0. The maximum atomic E-state index is 5.50. The lowest BCUT2D eigenvalue weighted by Gasteiger charge is -1.96. The lowest BCUT2D eigenvalue weighted by molar-refractivity contribution is 0.512. The van der Waals surface area contributed by atoms with Crippen LogP contribution in [0.3, 0.4) is 0 Å². The Kier molecular flexibility index (Phi) is 1.58. The van der Waals surface area contributed by atoms with Crippen LogP contribution in [0.15, 0.2) is 35.4 Å². The quantitative estimate of drug-likeness (QED) is 0.600. The van der Waals surface area contributed by atoms with Gasteiger partial charge < -0.3 is 4.42 Å². The Balaban J connectivity index is 2.27. The van der Waals surface area contributed by atoms with Gasteiger partial charge in [-0.1, -0.05) is 0 Å². The summed E-state index contributed by atoms with van der Waals surface area (Å²) in [6, 6.07) is 3.79. The van der Waals surface area contributed by atoms with Crippen molar-refractivity contribution < 1.29 is 4.42 Å². The molecule has 3 heterocycles. The van der Waals surface area contributed by atoms with Crippen molar-refractivity contribution >= 4 is 11.2 Å². The molecule has 3 rings (SSSR count). The summed E-state index contributed by atoms with van der Waals surface area (Å²) in [7, 11) is 0. The van der Waals surface area contributed by atoms with Gasteiger partial charge in [-0.15, -0.1) is 0 Å². The molecule has 0 N–H and O–H groups in total. The second kappa shape index (κ2) is 2.91. The van der Waals surface area contributed by atoms with Gasteiger partial charge in [-0.3, -0.25) is 4.57 Å². The fraction of sp³-hybridized carbons (Fsp3) is 0.100. The zero-order chi connectivity index (χ0) is 10.3. The molecule has 0 spiro atoms. The molecule has 0 amide bonds. The van der Waals surface area contributed by atoms with Crippen LogP contribution in [0, 0.1) is 6.92 Å². The molecule has 0 aliphatic rings. The number of imidazole rings is 1. The Labute approximate surface area is 85.4 Å². The van der Waals surface area contributed by atoms with Gasteiger partial charge >= 0.3 is 0 Å². The smallest absolute Gasteiger partial charge is 0.206 e. The first-order valence-electron chi connectivity index (χ1n) is 4.54. The summed E-state index contributed by atoms with van der Waals surface area (Å²) in [5.74, 6) is 1.58. The molecule has 0 fully saturated rings. The lowest BCUT2D eigenvalue weighted by Crippen LogP contribution is -1.91. The lowest BCUT2D eigenvalue weighted by atomic mass is 10.5. The van der Waals surface area contributed by atoms with Crippen LogP contribution in [0.25, 0.3) is 17.0 Å². The zero-order valence-corrected chi connectivity index (χ0v) is 8.08. The molecule has 3 aromatic rings. The van der Waals surface area contributed by atoms with Gasteiger partial charge in [-0.05, 0) is 13.0 Å². The second-order valence-corrected chi connectivity index (χ2v) is 3.23. The average molecular weight is 200 g/mol. The fourth-order valence-electron chi connectivity index (χ4n) is 1.48. The van der Waals surface area contributed by atoms with Gasteiger partial charge in [0.1, 0.15) is 23.9 Å². The largest absolute Gasteiger partial charge is 0.445 e. The number of hydrogen-bond acceptors (Lipinski definition) is 4. The normalized spacial score (nSPS) is 11.0. The topological polar surface area (TPSA) is 56.7 Å². The number of aryl methyl sites for hydroxylation is 1. The maximum Gasteiger partial charge on any atom is 0.206 e. The Hall–Kier alpha value is -2.17. The fourth-order valence-corrected chi connectivity index (χ4v) is 1.48. The second-order valence-electron chi connectivity index (χ2n) is 3.23. The summed E-state index contributed by atoms with van der Waals surface area (Å²) in [4.78, 5) is 12.2. The SMILES string of the molecule is Cc1ccc(-n2cnc3cncnc32)o1. The standard InChI is InChI=1S/C10H8N4O/c1-7-2-3-9(15-7)14-6-13-8-4-11-5-12-10(8)14/h2-6H,1H3. The highest BCUT2D eigenvalue weighted by atomic mass is 16.4. The molecule has 74 valence electrons. The molecule has 3 aromatic heterocycles. The van der Waals surface area contributed by atoms with E-state index in [4.69, 9.17) is 4.42 Å². The third kappa shape index (κ3) is 1.20. The molecule has 0 radical (unpaired) electrons. The van der Waals surface area contributed by atoms with Crippen LogP contribution in [0.5, 0.6) is 0 Å². The van der Waals surface area contributed by atoms with Crippen molar-refractivity contribution in [2.75, 3.05) is 0 Å². The van der Waals surface area contributed by atoms with Crippen molar-refractivity contribution in [2.45, 2.75) is 6.92 Å². The van der Waals surface area contributed by atoms with Gasteiger partial charge in [0.25, 0.3) is 0 Å². The van der Waals surface area contributed by atoms with Crippen LogP contribution < -0.4 is 0 Å². The Morgan fingerprint density at radius 3 is 3.00 bits per heavy atom. The van der Waals surface area contributed by atoms with Crippen molar-refractivity contribution in [1.29, 1.82) is 0 Å². The first-order valence-corrected chi connectivity index (χ1v) is 4.54. The minimum Gasteiger partial charge on any atom is -0.445 e. The minimum absolute atomic E-state index is 0.716. The van der Waals surface area contributed by atoms with E-state index in [9.17, 15) is 0 Å². The van der Waals surface area contributed by atoms with Crippen molar-refractivity contribution in [3.05, 3.63) is 36.7 Å². The number of rotatable bonds is 1. The van der Waals surface area contributed by atoms with E-state index in [1.807, 2.05) is 19.1 Å². The summed E-state index contributed by atoms with van der Waals surface area (Å²) in [6.45, 7) is 1.90. The van der Waals surface area contributed by atoms with E-state index in [2.05, 4.69) is 15.0 Å². The highest BCUT2D eigenvalue weighted by Crippen LogP contribution is 2.16. The zero-order valence-electron chi connectivity index (χ0n) is 8.08. The van der Waals surface area contributed by atoms with Gasteiger partial charge in [0.2, 0.25) is 5.88 Å². The molecule has 0 aromatic carbocycles. The molecule has 0 atom stereocenters. The Bertz CT molecular complexity index is 610. The van der Waals surface area contributed by atoms with E-state index in [1.54, 1.807) is 17.1 Å². The first kappa shape index (κ1) is 8.16. The van der Waals surface area contributed by atoms with E-state index in [0.717, 1.165) is 16.9 Å². The summed E-state index contributed by atoms with van der Waals surface area (Å²) < 4.78 is 7.29. The molecule has 0 unspecified atom stereocenters. The molecular formula is C10H8N4O. The van der Waals surface area contributed by atoms with Crippen molar-refractivity contribution in [3.63, 3.8) is 0 Å². The Morgan fingerprint density at radius 2 is 2.20 bits per heavy atom. The monoisotopic (exact) mass is 200 g/mol. The third-order valence-electron chi connectivity index (χ3n) is 2.18. The van der Waals surface area contributed by atoms with E-state index >= 15 is 0 Å². The number of furan rings is 1. The molecule has 0 aliphatic heterocycles. The predicted molar refractivity (Wildman–Crippen MR) is 53.7 cm³/mol. The summed E-state index contributed by atoms with van der Waals surface area (Å²) in [5.41, 5.74) is 1.51. The molecule has 0 saturated carbocycles. The Morgan fingerprint density at radius 1 is 1.27 bits per heavy atom. The molecule has 0 bridgehead atoms. The van der Waals surface area contributed by atoms with Crippen molar-refractivity contribution in [1.82, 2.24) is 19.5 Å². The maximum absolute atomic E-state index is 5.50. The molecule has 5 nitrogen and oxygen atoms in total. The molecule has 0 aliphatic carbocycles. The minimum atomic E-state index is 0.716. The molecule has 0 saturated heterocycles. The molecule has 15 heavy (non-hydrogen) atoms. The first-order chi connectivity index (χ1) is 7.34. The van der Waals surface area contributed by atoms with Crippen LogP contribution in [-0.4, -0.2) is 19.5 Å². The van der Waals surface area contributed by atoms with Gasteiger partial charge in [0, 0.05) is 6.07 Å². The van der Waals surface area contributed by atoms with Crippen molar-refractivity contribution in [2.24, 2.45) is 0 Å². The van der Waals surface area contributed by atoms with Crippen LogP contribution in [0.4, 0.5) is 0 Å². The van der Waals surface area contributed by atoms with Crippen LogP contribution >= 0.6 is 0 Å². The van der Waals surface area contributed by atoms with E-state index in [-0.39, 0.29) is 0 Å². The number of hydrogen-bond donors (Lipinski definition) is 0. The summed E-state index contributed by atoms with van der Waals surface area (Å²) in [6.07, 6.45) is 4.85. The number of fused-ring (bicyclic) bond motifs is 1. The third-order valence-corrected chi connectivity index (χ3v) is 2.18. The van der Waals surface area contributed by atoms with Gasteiger partial charge in [0.15, 0.2) is 5.65 Å². The number of nitrogens with zero attached hydrogens (tertiary/aromatic N) is 4. The highest BCUT2D eigenvalue weighted by molar-refractivity contribution is 5.70. The van der Waals surface area contributed by atoms with Gasteiger partial charge in [-0.2, -0.15) is 0 Å². The molecule has 5 heteroatoms. The van der Waals surface area contributed by atoms with Crippen LogP contribution in [-0.2, 0) is 0 Å². The van der Waals surface area contributed by atoms with Gasteiger partial charge in [-0.25, -0.2) is 15.0 Å².